The molecular formula is C16H17N3O. The van der Waals surface area contributed by atoms with Crippen LogP contribution in [0.25, 0.3) is 11.0 Å². The highest BCUT2D eigenvalue weighted by atomic mass is 16.5. The van der Waals surface area contributed by atoms with Crippen molar-refractivity contribution in [3.8, 4) is 0 Å². The lowest BCUT2D eigenvalue weighted by atomic mass is 10.1. The van der Waals surface area contributed by atoms with E-state index in [1.54, 1.807) is 7.11 Å². The smallest absolute Gasteiger partial charge is 0.201 e. The van der Waals surface area contributed by atoms with Crippen LogP contribution in [0.4, 0.5) is 5.95 Å². The number of aromatic amines is 1. The number of methoxy groups -OCH3 is 1. The highest BCUT2D eigenvalue weighted by molar-refractivity contribution is 5.77. The largest absolute Gasteiger partial charge is 0.380 e. The Morgan fingerprint density at radius 2 is 1.95 bits per heavy atom. The number of anilines is 1. The van der Waals surface area contributed by atoms with E-state index in [0.29, 0.717) is 6.61 Å². The predicted molar refractivity (Wildman–Crippen MR) is 80.6 cm³/mol. The van der Waals surface area contributed by atoms with Gasteiger partial charge in [-0.15, -0.1) is 0 Å². The summed E-state index contributed by atoms with van der Waals surface area (Å²) in [7, 11) is 1.71. The highest BCUT2D eigenvalue weighted by Gasteiger charge is 2.01. The monoisotopic (exact) mass is 267 g/mol. The molecule has 0 radical (unpaired) electrons. The first-order chi connectivity index (χ1) is 9.85. The minimum Gasteiger partial charge on any atom is -0.380 e. The van der Waals surface area contributed by atoms with Crippen LogP contribution in [0.3, 0.4) is 0 Å². The topological polar surface area (TPSA) is 49.9 Å². The van der Waals surface area contributed by atoms with Crippen LogP contribution in [0.1, 0.15) is 11.1 Å². The van der Waals surface area contributed by atoms with E-state index in [1.165, 1.54) is 11.1 Å². The number of rotatable bonds is 5. The van der Waals surface area contributed by atoms with E-state index in [2.05, 4.69) is 33.5 Å². The Kier molecular flexibility index (Phi) is 3.65. The number of imidazole rings is 1. The molecule has 4 heteroatoms. The van der Waals surface area contributed by atoms with Crippen LogP contribution in [0.2, 0.25) is 0 Å². The summed E-state index contributed by atoms with van der Waals surface area (Å²) in [5, 5.41) is 3.31. The Balaban J connectivity index is 1.71. The summed E-state index contributed by atoms with van der Waals surface area (Å²) < 4.78 is 5.15. The van der Waals surface area contributed by atoms with E-state index in [9.17, 15) is 0 Å². The average Bonchev–Trinajstić information content (AvgIpc) is 2.89. The van der Waals surface area contributed by atoms with Crippen molar-refractivity contribution < 1.29 is 4.74 Å². The molecule has 0 saturated heterocycles. The fraction of sp³-hybridized carbons (Fsp3) is 0.188. The van der Waals surface area contributed by atoms with Gasteiger partial charge in [-0.05, 0) is 23.3 Å². The molecule has 2 N–H and O–H groups in total. The lowest BCUT2D eigenvalue weighted by molar-refractivity contribution is 0.185. The Bertz CT molecular complexity index is 673. The zero-order valence-corrected chi connectivity index (χ0v) is 11.4. The van der Waals surface area contributed by atoms with Crippen LogP contribution in [0.15, 0.2) is 48.5 Å². The maximum atomic E-state index is 5.15. The molecule has 0 unspecified atom stereocenters. The SMILES string of the molecule is COCc1cccc(CNc2nc3ccccc3[nH]2)c1. The van der Waals surface area contributed by atoms with Gasteiger partial charge in [-0.1, -0.05) is 36.4 Å². The van der Waals surface area contributed by atoms with Gasteiger partial charge >= 0.3 is 0 Å². The summed E-state index contributed by atoms with van der Waals surface area (Å²) in [5.41, 5.74) is 4.41. The van der Waals surface area contributed by atoms with E-state index in [1.807, 2.05) is 30.3 Å². The predicted octanol–water partition coefficient (Wildman–Crippen LogP) is 3.32. The van der Waals surface area contributed by atoms with Gasteiger partial charge in [0.2, 0.25) is 5.95 Å². The Hall–Kier alpha value is -2.33. The quantitative estimate of drug-likeness (QED) is 0.745. The number of hydrogen-bond acceptors (Lipinski definition) is 3. The standard InChI is InChI=1S/C16H17N3O/c1-20-11-13-6-4-5-12(9-13)10-17-16-18-14-7-2-3-8-15(14)19-16/h2-9H,10-11H2,1H3,(H2,17,18,19). The molecule has 2 aromatic carbocycles. The molecule has 4 nitrogen and oxygen atoms in total. The number of nitrogens with one attached hydrogen (secondary N) is 2. The maximum Gasteiger partial charge on any atom is 0.201 e. The first-order valence-electron chi connectivity index (χ1n) is 6.60. The van der Waals surface area contributed by atoms with Crippen molar-refractivity contribution in [1.82, 2.24) is 9.97 Å². The van der Waals surface area contributed by atoms with Crippen LogP contribution >= 0.6 is 0 Å². The second kappa shape index (κ2) is 5.75. The maximum absolute atomic E-state index is 5.15. The summed E-state index contributed by atoms with van der Waals surface area (Å²) >= 11 is 0. The van der Waals surface area contributed by atoms with Crippen molar-refractivity contribution >= 4 is 17.0 Å². The molecule has 0 fully saturated rings. The minimum absolute atomic E-state index is 0.637. The van der Waals surface area contributed by atoms with E-state index in [0.717, 1.165) is 23.5 Å². The number of fused-ring (bicyclic) bond motifs is 1. The van der Waals surface area contributed by atoms with Crippen molar-refractivity contribution in [3.63, 3.8) is 0 Å². The second-order valence-electron chi connectivity index (χ2n) is 4.71. The van der Waals surface area contributed by atoms with E-state index in [-0.39, 0.29) is 0 Å². The minimum atomic E-state index is 0.637. The molecule has 0 saturated carbocycles. The van der Waals surface area contributed by atoms with Gasteiger partial charge in [-0.3, -0.25) is 0 Å². The van der Waals surface area contributed by atoms with Crippen LogP contribution in [0, 0.1) is 0 Å². The molecule has 1 heterocycles. The number of ether oxygens (including phenoxy) is 1. The normalized spacial score (nSPS) is 10.8. The summed E-state index contributed by atoms with van der Waals surface area (Å²) in [4.78, 5) is 7.75. The van der Waals surface area contributed by atoms with Crippen molar-refractivity contribution in [1.29, 1.82) is 0 Å². The van der Waals surface area contributed by atoms with Crippen LogP contribution < -0.4 is 5.32 Å². The summed E-state index contributed by atoms with van der Waals surface area (Å²) in [5.74, 6) is 0.795. The van der Waals surface area contributed by atoms with Gasteiger partial charge in [0.05, 0.1) is 17.6 Å². The lowest BCUT2D eigenvalue weighted by Gasteiger charge is -2.05. The van der Waals surface area contributed by atoms with Crippen molar-refractivity contribution in [2.75, 3.05) is 12.4 Å². The van der Waals surface area contributed by atoms with Crippen LogP contribution in [-0.2, 0) is 17.9 Å². The summed E-state index contributed by atoms with van der Waals surface area (Å²) in [6, 6.07) is 16.3. The molecule has 3 rings (SSSR count). The van der Waals surface area contributed by atoms with Gasteiger partial charge in [0.1, 0.15) is 0 Å². The third kappa shape index (κ3) is 2.81. The third-order valence-electron chi connectivity index (χ3n) is 3.15. The lowest BCUT2D eigenvalue weighted by Crippen LogP contribution is -2.01. The molecule has 102 valence electrons. The molecule has 0 amide bonds. The molecule has 0 atom stereocenters. The molecule has 0 aliphatic heterocycles. The molecule has 0 bridgehead atoms. The second-order valence-corrected chi connectivity index (χ2v) is 4.71. The number of aromatic nitrogens is 2. The van der Waals surface area contributed by atoms with E-state index < -0.39 is 0 Å². The zero-order valence-electron chi connectivity index (χ0n) is 11.4. The highest BCUT2D eigenvalue weighted by Crippen LogP contribution is 2.14. The number of hydrogen-bond donors (Lipinski definition) is 2. The van der Waals surface area contributed by atoms with Gasteiger partial charge in [0, 0.05) is 13.7 Å². The molecule has 1 aromatic heterocycles. The first kappa shape index (κ1) is 12.7. The van der Waals surface area contributed by atoms with Gasteiger partial charge in [0.15, 0.2) is 0 Å². The van der Waals surface area contributed by atoms with Gasteiger partial charge in [-0.25, -0.2) is 4.98 Å². The number of para-hydroxylation sites is 2. The fourth-order valence-electron chi connectivity index (χ4n) is 2.22. The van der Waals surface area contributed by atoms with E-state index >= 15 is 0 Å². The summed E-state index contributed by atoms with van der Waals surface area (Å²) in [6.45, 7) is 1.37. The van der Waals surface area contributed by atoms with Gasteiger partial charge in [-0.2, -0.15) is 0 Å². The summed E-state index contributed by atoms with van der Waals surface area (Å²) in [6.07, 6.45) is 0. The average molecular weight is 267 g/mol. The van der Waals surface area contributed by atoms with Gasteiger partial charge < -0.3 is 15.0 Å². The molecule has 0 aliphatic carbocycles. The molecule has 20 heavy (non-hydrogen) atoms. The first-order valence-corrected chi connectivity index (χ1v) is 6.60. The number of nitrogens with zero attached hydrogens (tertiary/aromatic N) is 1. The number of benzene rings is 2. The van der Waals surface area contributed by atoms with Crippen LogP contribution in [0.5, 0.6) is 0 Å². The van der Waals surface area contributed by atoms with Crippen molar-refractivity contribution in [3.05, 3.63) is 59.7 Å². The molecule has 0 aliphatic rings. The van der Waals surface area contributed by atoms with Crippen molar-refractivity contribution in [2.24, 2.45) is 0 Å². The molecular weight excluding hydrogens is 250 g/mol. The molecule has 3 aromatic rings. The van der Waals surface area contributed by atoms with Crippen LogP contribution in [-0.4, -0.2) is 17.1 Å². The fourth-order valence-corrected chi connectivity index (χ4v) is 2.22. The van der Waals surface area contributed by atoms with Crippen molar-refractivity contribution in [2.45, 2.75) is 13.2 Å². The zero-order chi connectivity index (χ0) is 13.8. The Morgan fingerprint density at radius 3 is 2.80 bits per heavy atom. The molecule has 0 spiro atoms. The third-order valence-corrected chi connectivity index (χ3v) is 3.15. The van der Waals surface area contributed by atoms with Gasteiger partial charge in [0.25, 0.3) is 0 Å². The Morgan fingerprint density at radius 1 is 1.10 bits per heavy atom. The van der Waals surface area contributed by atoms with E-state index in [4.69, 9.17) is 4.74 Å². The number of H-pyrrole nitrogens is 1. The Labute approximate surface area is 117 Å².